The second kappa shape index (κ2) is 6.17. The van der Waals surface area contributed by atoms with Gasteiger partial charge in [-0.25, -0.2) is 24.8 Å². The third-order valence-corrected chi connectivity index (χ3v) is 13.5. The zero-order valence-electron chi connectivity index (χ0n) is 13.8. The minimum Gasteiger partial charge on any atom is -0.223 e. The van der Waals surface area contributed by atoms with Crippen LogP contribution in [0.2, 0.25) is 39.3 Å². The summed E-state index contributed by atoms with van der Waals surface area (Å²) in [6.45, 7) is 12.1. The molecule has 0 spiro atoms. The van der Waals surface area contributed by atoms with Gasteiger partial charge in [0, 0.05) is 13.1 Å². The summed E-state index contributed by atoms with van der Waals surface area (Å²) in [5, 5.41) is 0. The summed E-state index contributed by atoms with van der Waals surface area (Å²) in [7, 11) is -10.8. The standard InChI is InChI=1S/C10H28N2O4S2Si2/c1-17(13,14)11(19(3,4)5)9-10-12(18(2,15)16)20(6,7)8/h9-10H2,1-8H3. The van der Waals surface area contributed by atoms with Gasteiger partial charge >= 0.3 is 0 Å². The molecule has 0 unspecified atom stereocenters. The van der Waals surface area contributed by atoms with Gasteiger partial charge < -0.3 is 0 Å². The number of nitrogens with zero attached hydrogens (tertiary/aromatic N) is 2. The predicted molar refractivity (Wildman–Crippen MR) is 89.8 cm³/mol. The molecule has 20 heavy (non-hydrogen) atoms. The zero-order valence-corrected chi connectivity index (χ0v) is 17.4. The van der Waals surface area contributed by atoms with E-state index < -0.39 is 36.5 Å². The van der Waals surface area contributed by atoms with Gasteiger partial charge in [0.15, 0.2) is 0 Å². The smallest absolute Gasteiger partial charge is 0.205 e. The lowest BCUT2D eigenvalue weighted by molar-refractivity contribution is 0.478. The molecule has 0 aromatic carbocycles. The average molecular weight is 361 g/mol. The Labute approximate surface area is 126 Å². The van der Waals surface area contributed by atoms with Gasteiger partial charge in [0.25, 0.3) is 0 Å². The molecule has 0 aliphatic carbocycles. The van der Waals surface area contributed by atoms with Gasteiger partial charge in [0.05, 0.1) is 12.5 Å². The first-order valence-corrected chi connectivity index (χ1v) is 17.0. The molecule has 0 aliphatic heterocycles. The van der Waals surface area contributed by atoms with Gasteiger partial charge in [0.1, 0.15) is 16.5 Å². The number of sulfonamides is 2. The fourth-order valence-corrected chi connectivity index (χ4v) is 12.5. The summed E-state index contributed by atoms with van der Waals surface area (Å²) >= 11 is 0. The molecule has 6 nitrogen and oxygen atoms in total. The van der Waals surface area contributed by atoms with Crippen LogP contribution in [0, 0.1) is 0 Å². The van der Waals surface area contributed by atoms with Crippen LogP contribution >= 0.6 is 0 Å². The summed E-state index contributed by atoms with van der Waals surface area (Å²) in [6.07, 6.45) is 2.37. The maximum atomic E-state index is 11.9. The highest BCUT2D eigenvalue weighted by molar-refractivity contribution is 7.90. The third-order valence-electron chi connectivity index (χ3n) is 2.80. The Kier molecular flexibility index (Phi) is 6.25. The van der Waals surface area contributed by atoms with Crippen molar-refractivity contribution < 1.29 is 16.8 Å². The summed E-state index contributed by atoms with van der Waals surface area (Å²) in [4.78, 5) is 0. The Hall–Kier alpha value is 0.254. The highest BCUT2D eigenvalue weighted by atomic mass is 32.2. The summed E-state index contributed by atoms with van der Waals surface area (Å²) in [6, 6.07) is 0. The van der Waals surface area contributed by atoms with E-state index in [4.69, 9.17) is 0 Å². The first-order valence-electron chi connectivity index (χ1n) is 6.43. The lowest BCUT2D eigenvalue weighted by atomic mass is 10.7. The molecule has 0 saturated heterocycles. The molecule has 0 atom stereocenters. The lowest BCUT2D eigenvalue weighted by Gasteiger charge is -2.36. The quantitative estimate of drug-likeness (QED) is 0.639. The van der Waals surface area contributed by atoms with Crippen molar-refractivity contribution in [3.05, 3.63) is 0 Å². The Morgan fingerprint density at radius 3 is 0.950 bits per heavy atom. The van der Waals surface area contributed by atoms with Crippen molar-refractivity contribution in [2.24, 2.45) is 0 Å². The Bertz CT molecular complexity index is 483. The van der Waals surface area contributed by atoms with Gasteiger partial charge in [0.2, 0.25) is 20.0 Å². The van der Waals surface area contributed by atoms with Crippen LogP contribution in [-0.4, -0.2) is 66.8 Å². The molecule has 0 heterocycles. The maximum absolute atomic E-state index is 11.9. The maximum Gasteiger partial charge on any atom is 0.205 e. The molecule has 0 aliphatic rings. The van der Waals surface area contributed by atoms with Crippen LogP contribution in [0.25, 0.3) is 0 Å². The Morgan fingerprint density at radius 2 is 0.850 bits per heavy atom. The molecule has 0 aromatic rings. The molecule has 0 saturated carbocycles. The minimum absolute atomic E-state index is 0.228. The van der Waals surface area contributed by atoms with Crippen molar-refractivity contribution in [1.82, 2.24) is 7.94 Å². The van der Waals surface area contributed by atoms with Crippen molar-refractivity contribution in [3.8, 4) is 0 Å². The van der Waals surface area contributed by atoms with E-state index in [-0.39, 0.29) is 13.1 Å². The molecule has 0 radical (unpaired) electrons. The van der Waals surface area contributed by atoms with Crippen LogP contribution in [0.4, 0.5) is 0 Å². The van der Waals surface area contributed by atoms with Crippen LogP contribution in [0.1, 0.15) is 0 Å². The molecular weight excluding hydrogens is 332 g/mol. The van der Waals surface area contributed by atoms with Crippen molar-refractivity contribution in [1.29, 1.82) is 0 Å². The number of hydrogen-bond donors (Lipinski definition) is 0. The SMILES string of the molecule is C[Si](C)(C)N(CCN([Si](C)(C)C)S(C)(=O)=O)S(C)(=O)=O. The molecule has 0 bridgehead atoms. The number of rotatable bonds is 7. The van der Waals surface area contributed by atoms with Crippen LogP contribution in [0.15, 0.2) is 0 Å². The monoisotopic (exact) mass is 360 g/mol. The van der Waals surface area contributed by atoms with E-state index in [1.54, 1.807) is 0 Å². The Balaban J connectivity index is 5.31. The van der Waals surface area contributed by atoms with E-state index in [0.717, 1.165) is 0 Å². The largest absolute Gasteiger partial charge is 0.223 e. The van der Waals surface area contributed by atoms with Crippen LogP contribution in [0.3, 0.4) is 0 Å². The van der Waals surface area contributed by atoms with E-state index in [1.165, 1.54) is 20.5 Å². The highest BCUT2D eigenvalue weighted by Gasteiger charge is 2.36. The summed E-state index contributed by atoms with van der Waals surface area (Å²) in [5.74, 6) is 0. The van der Waals surface area contributed by atoms with Crippen molar-refractivity contribution in [3.63, 3.8) is 0 Å². The minimum atomic E-state index is -3.32. The first-order chi connectivity index (χ1) is 8.47. The molecule has 0 rings (SSSR count). The molecule has 0 amide bonds. The second-order valence-corrected chi connectivity index (χ2v) is 21.2. The molecule has 0 aromatic heterocycles. The first kappa shape index (κ1) is 20.3. The number of hydrogen-bond acceptors (Lipinski definition) is 4. The normalized spacial score (nSPS) is 15.1. The molecule has 0 N–H and O–H groups in total. The highest BCUT2D eigenvalue weighted by Crippen LogP contribution is 2.17. The fraction of sp³-hybridized carbons (Fsp3) is 1.00. The van der Waals surface area contributed by atoms with Gasteiger partial charge in [-0.1, -0.05) is 39.3 Å². The third kappa shape index (κ3) is 6.35. The fourth-order valence-electron chi connectivity index (χ4n) is 2.18. The van der Waals surface area contributed by atoms with Crippen molar-refractivity contribution in [2.45, 2.75) is 39.3 Å². The van der Waals surface area contributed by atoms with Crippen LogP contribution < -0.4 is 0 Å². The van der Waals surface area contributed by atoms with Gasteiger partial charge in [-0.3, -0.25) is 0 Å². The van der Waals surface area contributed by atoms with Crippen molar-refractivity contribution in [2.75, 3.05) is 25.6 Å². The molecular formula is C10H28N2O4S2Si2. The van der Waals surface area contributed by atoms with E-state index in [1.807, 2.05) is 39.3 Å². The zero-order chi connectivity index (χ0) is 16.6. The van der Waals surface area contributed by atoms with Crippen LogP contribution in [-0.2, 0) is 20.0 Å². The van der Waals surface area contributed by atoms with Gasteiger partial charge in [-0.15, -0.1) is 0 Å². The lowest BCUT2D eigenvalue weighted by Crippen LogP contribution is -2.56. The van der Waals surface area contributed by atoms with E-state index >= 15 is 0 Å². The van der Waals surface area contributed by atoms with Gasteiger partial charge in [-0.05, 0) is 0 Å². The Morgan fingerprint density at radius 1 is 0.650 bits per heavy atom. The molecule has 10 heteroatoms. The molecule has 0 fully saturated rings. The second-order valence-electron chi connectivity index (χ2n) is 7.01. The van der Waals surface area contributed by atoms with Gasteiger partial charge in [-0.2, -0.15) is 0 Å². The molecule has 122 valence electrons. The van der Waals surface area contributed by atoms with E-state index in [9.17, 15) is 16.8 Å². The topological polar surface area (TPSA) is 74.8 Å². The van der Waals surface area contributed by atoms with Crippen molar-refractivity contribution >= 4 is 36.5 Å². The van der Waals surface area contributed by atoms with Crippen LogP contribution in [0.5, 0.6) is 0 Å². The van der Waals surface area contributed by atoms with E-state index in [0.29, 0.717) is 0 Å². The summed E-state index contributed by atoms with van der Waals surface area (Å²) in [5.41, 5.74) is 0. The average Bonchev–Trinajstić information content (AvgIpc) is 2.02. The predicted octanol–water partition coefficient (Wildman–Crippen LogP) is 1.18. The summed E-state index contributed by atoms with van der Waals surface area (Å²) < 4.78 is 50.5. The van der Waals surface area contributed by atoms with E-state index in [2.05, 4.69) is 0 Å².